The molecule has 0 aromatic carbocycles. The highest BCUT2D eigenvalue weighted by Gasteiger charge is 2.19. The monoisotopic (exact) mass is 1160 g/mol. The first kappa shape index (κ1) is 79.6. The number of hydrogen-bond donors (Lipinski definition) is 0. The molecule has 0 rings (SSSR count). The molecule has 0 N–H and O–H groups in total. The van der Waals surface area contributed by atoms with Gasteiger partial charge in [-0.15, -0.1) is 0 Å². The van der Waals surface area contributed by atoms with Crippen LogP contribution in [0.25, 0.3) is 0 Å². The normalized spacial score (nSPS) is 12.6. The summed E-state index contributed by atoms with van der Waals surface area (Å²) < 4.78 is 17.0. The average molecular weight is 1160 g/mol. The third kappa shape index (κ3) is 69.3. The summed E-state index contributed by atoms with van der Waals surface area (Å²) in [5.74, 6) is -0.856. The largest absolute Gasteiger partial charge is 0.462 e. The van der Waals surface area contributed by atoms with Crippen molar-refractivity contribution in [2.45, 2.75) is 374 Å². The molecule has 0 bridgehead atoms. The summed E-state index contributed by atoms with van der Waals surface area (Å²) in [6.07, 6.45) is 94.8. The maximum absolute atomic E-state index is 12.9. The van der Waals surface area contributed by atoms with Crippen molar-refractivity contribution in [3.63, 3.8) is 0 Å². The second kappa shape index (κ2) is 71.1. The van der Waals surface area contributed by atoms with E-state index < -0.39 is 6.10 Å². The lowest BCUT2D eigenvalue weighted by Gasteiger charge is -2.18. The van der Waals surface area contributed by atoms with Crippen molar-refractivity contribution < 1.29 is 28.6 Å². The number of esters is 3. The second-order valence-electron chi connectivity index (χ2n) is 24.1. The van der Waals surface area contributed by atoms with Crippen LogP contribution in [0.2, 0.25) is 0 Å². The molecule has 0 amide bonds. The van der Waals surface area contributed by atoms with Crippen LogP contribution in [-0.2, 0) is 28.6 Å². The molecule has 6 heteroatoms. The zero-order valence-corrected chi connectivity index (χ0v) is 55.2. The Morgan fingerprint density at radius 2 is 0.470 bits per heavy atom. The number of unbranched alkanes of at least 4 members (excludes halogenated alkanes) is 41. The van der Waals surface area contributed by atoms with Gasteiger partial charge in [-0.2, -0.15) is 0 Å². The van der Waals surface area contributed by atoms with Gasteiger partial charge in [0.2, 0.25) is 0 Å². The smallest absolute Gasteiger partial charge is 0.306 e. The molecule has 0 aliphatic carbocycles. The Labute approximate surface area is 515 Å². The standard InChI is InChI=1S/C77H136O6/c1-4-7-10-13-16-19-22-24-26-28-30-32-33-34-35-36-37-38-39-40-41-42-43-45-46-48-50-52-55-58-61-64-67-70-76(79)82-73-74(72-81-75(78)69-66-63-60-57-54-21-18-15-12-9-6-3)83-77(80)71-68-65-62-59-56-53-51-49-47-44-31-29-27-25-23-20-17-14-11-8-5-2/h7,10,16,19,23-26,29-32,34-35,74H,4-6,8-9,11-15,17-18,20-22,27-28,33,36-73H2,1-3H3/b10-7-,19-16-,25-23-,26-24-,31-29-,32-30-,35-34-. The van der Waals surface area contributed by atoms with E-state index in [1.807, 2.05) is 0 Å². The van der Waals surface area contributed by atoms with Crippen LogP contribution in [0.5, 0.6) is 0 Å². The molecule has 0 heterocycles. The fourth-order valence-corrected chi connectivity index (χ4v) is 10.5. The van der Waals surface area contributed by atoms with Gasteiger partial charge in [0, 0.05) is 19.3 Å². The predicted molar refractivity (Wildman–Crippen MR) is 362 cm³/mol. The Hall–Kier alpha value is -3.41. The summed E-state index contributed by atoms with van der Waals surface area (Å²) in [5.41, 5.74) is 0. The first-order valence-corrected chi connectivity index (χ1v) is 36.1. The Morgan fingerprint density at radius 3 is 0.735 bits per heavy atom. The van der Waals surface area contributed by atoms with Crippen LogP contribution in [0.4, 0.5) is 0 Å². The van der Waals surface area contributed by atoms with Gasteiger partial charge in [0.1, 0.15) is 13.2 Å². The molecule has 1 unspecified atom stereocenters. The zero-order chi connectivity index (χ0) is 59.9. The number of allylic oxidation sites excluding steroid dienone is 14. The number of carbonyl (C=O) groups excluding carboxylic acids is 3. The van der Waals surface area contributed by atoms with E-state index in [1.54, 1.807) is 0 Å². The third-order valence-corrected chi connectivity index (χ3v) is 15.9. The van der Waals surface area contributed by atoms with Crippen LogP contribution < -0.4 is 0 Å². The fourth-order valence-electron chi connectivity index (χ4n) is 10.5. The minimum atomic E-state index is -0.776. The van der Waals surface area contributed by atoms with Gasteiger partial charge in [-0.1, -0.05) is 337 Å². The third-order valence-electron chi connectivity index (χ3n) is 15.9. The van der Waals surface area contributed by atoms with Gasteiger partial charge in [-0.3, -0.25) is 14.4 Å². The highest BCUT2D eigenvalue weighted by atomic mass is 16.6. The van der Waals surface area contributed by atoms with Gasteiger partial charge < -0.3 is 14.2 Å². The molecule has 1 atom stereocenters. The van der Waals surface area contributed by atoms with Crippen molar-refractivity contribution in [2.75, 3.05) is 13.2 Å². The molecule has 0 radical (unpaired) electrons. The topological polar surface area (TPSA) is 78.9 Å². The van der Waals surface area contributed by atoms with E-state index in [0.29, 0.717) is 19.3 Å². The zero-order valence-electron chi connectivity index (χ0n) is 55.2. The highest BCUT2D eigenvalue weighted by Crippen LogP contribution is 2.18. The van der Waals surface area contributed by atoms with Crippen molar-refractivity contribution >= 4 is 17.9 Å². The molecule has 0 saturated heterocycles. The maximum atomic E-state index is 12.9. The molecule has 0 aromatic rings. The van der Waals surface area contributed by atoms with Crippen LogP contribution in [-0.4, -0.2) is 37.2 Å². The molecule has 0 fully saturated rings. The second-order valence-corrected chi connectivity index (χ2v) is 24.1. The van der Waals surface area contributed by atoms with Gasteiger partial charge >= 0.3 is 17.9 Å². The molecule has 0 aliphatic heterocycles. The van der Waals surface area contributed by atoms with Crippen LogP contribution in [0.15, 0.2) is 85.1 Å². The number of carbonyl (C=O) groups is 3. The Bertz CT molecular complexity index is 1570. The van der Waals surface area contributed by atoms with Crippen LogP contribution in [0.3, 0.4) is 0 Å². The lowest BCUT2D eigenvalue weighted by atomic mass is 10.0. The maximum Gasteiger partial charge on any atom is 0.306 e. The average Bonchev–Trinajstić information content (AvgIpc) is 3.48. The number of ether oxygens (including phenoxy) is 3. The van der Waals surface area contributed by atoms with E-state index in [0.717, 1.165) is 96.3 Å². The van der Waals surface area contributed by atoms with Crippen LogP contribution in [0.1, 0.15) is 367 Å². The lowest BCUT2D eigenvalue weighted by Crippen LogP contribution is -2.30. The Morgan fingerprint density at radius 1 is 0.253 bits per heavy atom. The molecule has 0 aromatic heterocycles. The minimum Gasteiger partial charge on any atom is -0.462 e. The summed E-state index contributed by atoms with van der Waals surface area (Å²) in [6.45, 7) is 6.55. The predicted octanol–water partition coefficient (Wildman–Crippen LogP) is 25.0. The Balaban J connectivity index is 4.15. The van der Waals surface area contributed by atoms with E-state index in [9.17, 15) is 14.4 Å². The van der Waals surface area contributed by atoms with Crippen molar-refractivity contribution in [1.82, 2.24) is 0 Å². The van der Waals surface area contributed by atoms with E-state index in [4.69, 9.17) is 14.2 Å². The van der Waals surface area contributed by atoms with Crippen molar-refractivity contribution in [3.05, 3.63) is 85.1 Å². The van der Waals surface area contributed by atoms with Crippen LogP contribution >= 0.6 is 0 Å². The quantitative estimate of drug-likeness (QED) is 0.0261. The highest BCUT2D eigenvalue weighted by molar-refractivity contribution is 5.71. The first-order valence-electron chi connectivity index (χ1n) is 36.1. The van der Waals surface area contributed by atoms with Gasteiger partial charge in [-0.25, -0.2) is 0 Å². The number of rotatable bonds is 66. The SMILES string of the molecule is CC/C=C\C/C=C\C/C=C\C/C=C\C/C=C\CCCCCCCCCCCCCCCCCCCC(=O)OCC(COC(=O)CCCCCCCCCCCCC)OC(=O)CCCCCCCCCCC/C=C\C/C=C\CCCCCCC. The van der Waals surface area contributed by atoms with E-state index >= 15 is 0 Å². The summed E-state index contributed by atoms with van der Waals surface area (Å²) in [7, 11) is 0. The molecule has 0 aliphatic rings. The fraction of sp³-hybridized carbons (Fsp3) is 0.779. The van der Waals surface area contributed by atoms with Crippen molar-refractivity contribution in [3.8, 4) is 0 Å². The summed E-state index contributed by atoms with van der Waals surface area (Å²) in [4.78, 5) is 38.4. The van der Waals surface area contributed by atoms with Crippen molar-refractivity contribution in [1.29, 1.82) is 0 Å². The van der Waals surface area contributed by atoms with Gasteiger partial charge in [-0.05, 0) is 96.3 Å². The van der Waals surface area contributed by atoms with Gasteiger partial charge in [0.25, 0.3) is 0 Å². The van der Waals surface area contributed by atoms with E-state index in [-0.39, 0.29) is 31.1 Å². The van der Waals surface area contributed by atoms with Crippen LogP contribution in [0, 0.1) is 0 Å². The molecule has 0 saturated carbocycles. The summed E-state index contributed by atoms with van der Waals surface area (Å²) in [5, 5.41) is 0. The summed E-state index contributed by atoms with van der Waals surface area (Å²) >= 11 is 0. The summed E-state index contributed by atoms with van der Waals surface area (Å²) in [6, 6.07) is 0. The minimum absolute atomic E-state index is 0.0723. The Kier molecular flexibility index (Phi) is 68.2. The molecular weight excluding hydrogens is 1020 g/mol. The lowest BCUT2D eigenvalue weighted by molar-refractivity contribution is -0.167. The van der Waals surface area contributed by atoms with E-state index in [1.165, 1.54) is 231 Å². The van der Waals surface area contributed by atoms with Crippen molar-refractivity contribution in [2.24, 2.45) is 0 Å². The molecule has 0 spiro atoms. The molecule has 480 valence electrons. The molecular formula is C77H136O6. The van der Waals surface area contributed by atoms with Gasteiger partial charge in [0.15, 0.2) is 6.10 Å². The first-order chi connectivity index (χ1) is 41.0. The van der Waals surface area contributed by atoms with E-state index in [2.05, 4.69) is 106 Å². The number of hydrogen-bond acceptors (Lipinski definition) is 6. The van der Waals surface area contributed by atoms with Gasteiger partial charge in [0.05, 0.1) is 0 Å². The molecule has 6 nitrogen and oxygen atoms in total. The molecule has 83 heavy (non-hydrogen) atoms.